The lowest BCUT2D eigenvalue weighted by Gasteiger charge is -2.23. The Kier molecular flexibility index (Phi) is 11.7. The van der Waals surface area contributed by atoms with Crippen molar-refractivity contribution in [2.45, 2.75) is 39.7 Å². The van der Waals surface area contributed by atoms with Crippen molar-refractivity contribution in [1.82, 2.24) is 19.9 Å². The summed E-state index contributed by atoms with van der Waals surface area (Å²) >= 11 is 0. The number of hydrogen-bond donors (Lipinski definition) is 2. The molecule has 0 saturated heterocycles. The number of ether oxygens (including phenoxy) is 3. The summed E-state index contributed by atoms with van der Waals surface area (Å²) in [5, 5.41) is 3.78. The average molecular weight is 521 g/mol. The maximum absolute atomic E-state index is 15.1. The molecule has 3 N–H and O–H groups in total. The van der Waals surface area contributed by atoms with Crippen molar-refractivity contribution in [2.75, 3.05) is 59.1 Å². The maximum atomic E-state index is 15.1. The SMILES string of the molecule is CCC(CNc1nc(-c2c(F)c(OC)cc(OC)c2F)cc2cnc(N)nc12)N(C)C.CCCOCC. The first-order valence-corrected chi connectivity index (χ1v) is 12.2. The van der Waals surface area contributed by atoms with Gasteiger partial charge in [0.1, 0.15) is 5.52 Å². The largest absolute Gasteiger partial charge is 0.494 e. The number of benzene rings is 1. The second kappa shape index (κ2) is 14.4. The van der Waals surface area contributed by atoms with Gasteiger partial charge in [-0.3, -0.25) is 0 Å². The lowest BCUT2D eigenvalue weighted by molar-refractivity contribution is 0.148. The molecule has 9 nitrogen and oxygen atoms in total. The van der Waals surface area contributed by atoms with Gasteiger partial charge in [-0.05, 0) is 39.9 Å². The Morgan fingerprint density at radius 3 is 2.16 bits per heavy atom. The highest BCUT2D eigenvalue weighted by Gasteiger charge is 2.24. The van der Waals surface area contributed by atoms with Gasteiger partial charge in [-0.2, -0.15) is 0 Å². The highest BCUT2D eigenvalue weighted by Crippen LogP contribution is 2.38. The van der Waals surface area contributed by atoms with Crippen LogP contribution in [-0.4, -0.2) is 74.0 Å². The number of hydrogen-bond acceptors (Lipinski definition) is 9. The molecule has 1 aromatic carbocycles. The average Bonchev–Trinajstić information content (AvgIpc) is 2.88. The van der Waals surface area contributed by atoms with E-state index in [1.807, 2.05) is 21.0 Å². The second-order valence-corrected chi connectivity index (χ2v) is 8.41. The molecule has 3 aromatic rings. The summed E-state index contributed by atoms with van der Waals surface area (Å²) in [4.78, 5) is 14.8. The summed E-state index contributed by atoms with van der Waals surface area (Å²) in [6.07, 6.45) is 3.52. The van der Waals surface area contributed by atoms with Crippen LogP contribution in [0.4, 0.5) is 20.5 Å². The van der Waals surface area contributed by atoms with E-state index in [4.69, 9.17) is 19.9 Å². The number of halogens is 2. The molecule has 204 valence electrons. The standard InChI is InChI=1S/C21H26F2N6O2.C5H12O/c1-6-12(29(2)3)10-25-20-19-11(9-26-21(24)28-19)7-13(27-20)16-17(22)14(30-4)8-15(31-5)18(16)23;1-3-5-6-4-2/h7-9,12H,6,10H2,1-5H3,(H,25,27)(H2,24,26,28);3-5H2,1-2H3. The van der Waals surface area contributed by atoms with Gasteiger partial charge < -0.3 is 30.2 Å². The molecular formula is C26H38F2N6O3. The lowest BCUT2D eigenvalue weighted by atomic mass is 10.1. The van der Waals surface area contributed by atoms with Crippen LogP contribution in [0, 0.1) is 11.6 Å². The van der Waals surface area contributed by atoms with Crippen molar-refractivity contribution in [3.8, 4) is 22.8 Å². The first-order valence-electron chi connectivity index (χ1n) is 12.2. The highest BCUT2D eigenvalue weighted by molar-refractivity contribution is 5.91. The van der Waals surface area contributed by atoms with Crippen LogP contribution >= 0.6 is 0 Å². The normalized spacial score (nSPS) is 11.7. The van der Waals surface area contributed by atoms with Gasteiger partial charge in [-0.25, -0.2) is 23.7 Å². The summed E-state index contributed by atoms with van der Waals surface area (Å²) < 4.78 is 45.2. The van der Waals surface area contributed by atoms with Crippen molar-refractivity contribution < 1.29 is 23.0 Å². The molecular weight excluding hydrogens is 482 g/mol. The first kappa shape index (κ1) is 29.9. The van der Waals surface area contributed by atoms with Gasteiger partial charge >= 0.3 is 0 Å². The van der Waals surface area contributed by atoms with Crippen LogP contribution in [0.25, 0.3) is 22.2 Å². The van der Waals surface area contributed by atoms with E-state index in [1.165, 1.54) is 26.5 Å². The molecule has 0 amide bonds. The van der Waals surface area contributed by atoms with Crippen molar-refractivity contribution in [2.24, 2.45) is 0 Å². The number of nitrogens with zero attached hydrogens (tertiary/aromatic N) is 4. The summed E-state index contributed by atoms with van der Waals surface area (Å²) in [6, 6.07) is 2.87. The molecule has 1 atom stereocenters. The molecule has 3 rings (SSSR count). The Morgan fingerprint density at radius 2 is 1.68 bits per heavy atom. The Morgan fingerprint density at radius 1 is 1.03 bits per heavy atom. The van der Waals surface area contributed by atoms with Crippen LogP contribution in [0.1, 0.15) is 33.6 Å². The monoisotopic (exact) mass is 520 g/mol. The molecule has 0 aliphatic heterocycles. The predicted molar refractivity (Wildman–Crippen MR) is 143 cm³/mol. The third-order valence-electron chi connectivity index (χ3n) is 5.67. The Bertz CT molecular complexity index is 1130. The fourth-order valence-corrected chi connectivity index (χ4v) is 3.61. The van der Waals surface area contributed by atoms with Crippen LogP contribution in [0.2, 0.25) is 0 Å². The van der Waals surface area contributed by atoms with Gasteiger partial charge in [0.15, 0.2) is 29.0 Å². The number of nitrogen functional groups attached to an aromatic ring is 1. The third kappa shape index (κ3) is 7.59. The van der Waals surface area contributed by atoms with Crippen LogP contribution in [0.3, 0.4) is 0 Å². The van der Waals surface area contributed by atoms with Crippen molar-refractivity contribution in [3.63, 3.8) is 0 Å². The number of nitrogens with two attached hydrogens (primary N) is 1. The maximum Gasteiger partial charge on any atom is 0.220 e. The summed E-state index contributed by atoms with van der Waals surface area (Å²) in [5.74, 6) is -1.65. The Hall–Kier alpha value is -3.31. The zero-order valence-electron chi connectivity index (χ0n) is 22.7. The van der Waals surface area contributed by atoms with Crippen LogP contribution in [0.5, 0.6) is 11.5 Å². The number of nitrogens with one attached hydrogen (secondary N) is 1. The van der Waals surface area contributed by atoms with E-state index >= 15 is 8.78 Å². The minimum atomic E-state index is -0.880. The second-order valence-electron chi connectivity index (χ2n) is 8.41. The topological polar surface area (TPSA) is 108 Å². The molecule has 0 bridgehead atoms. The van der Waals surface area contributed by atoms with E-state index in [0.717, 1.165) is 32.1 Å². The zero-order valence-corrected chi connectivity index (χ0v) is 22.7. The van der Waals surface area contributed by atoms with Crippen LogP contribution < -0.4 is 20.5 Å². The quantitative estimate of drug-likeness (QED) is 0.346. The number of anilines is 2. The number of fused-ring (bicyclic) bond motifs is 1. The number of likely N-dealkylation sites (N-methyl/N-ethyl adjacent to an activating group) is 1. The number of methoxy groups -OCH3 is 2. The van der Waals surface area contributed by atoms with E-state index < -0.39 is 11.6 Å². The molecule has 0 saturated carbocycles. The molecule has 0 aliphatic carbocycles. The van der Waals surface area contributed by atoms with E-state index in [0.29, 0.717) is 23.3 Å². The highest BCUT2D eigenvalue weighted by atomic mass is 19.1. The van der Waals surface area contributed by atoms with E-state index in [1.54, 1.807) is 0 Å². The molecule has 37 heavy (non-hydrogen) atoms. The van der Waals surface area contributed by atoms with Gasteiger partial charge in [0.2, 0.25) is 5.95 Å². The molecule has 0 radical (unpaired) electrons. The van der Waals surface area contributed by atoms with Crippen LogP contribution in [-0.2, 0) is 4.74 Å². The first-order chi connectivity index (χ1) is 17.7. The molecule has 0 aliphatic rings. The molecule has 1 unspecified atom stereocenters. The Labute approximate surface area is 217 Å². The number of aromatic nitrogens is 3. The zero-order chi connectivity index (χ0) is 27.5. The lowest BCUT2D eigenvalue weighted by Crippen LogP contribution is -2.34. The smallest absolute Gasteiger partial charge is 0.220 e. The van der Waals surface area contributed by atoms with Crippen LogP contribution in [0.15, 0.2) is 18.3 Å². The van der Waals surface area contributed by atoms with E-state index in [2.05, 4.69) is 39.0 Å². The number of rotatable bonds is 11. The Balaban J connectivity index is 0.000000717. The fourth-order valence-electron chi connectivity index (χ4n) is 3.61. The van der Waals surface area contributed by atoms with Crippen molar-refractivity contribution in [3.05, 3.63) is 30.0 Å². The van der Waals surface area contributed by atoms with E-state index in [-0.39, 0.29) is 34.7 Å². The summed E-state index contributed by atoms with van der Waals surface area (Å²) in [7, 11) is 6.54. The third-order valence-corrected chi connectivity index (χ3v) is 5.67. The molecule has 11 heteroatoms. The van der Waals surface area contributed by atoms with Gasteiger partial charge in [0.05, 0.1) is 25.5 Å². The van der Waals surface area contributed by atoms with E-state index in [9.17, 15) is 0 Å². The molecule has 2 heterocycles. The van der Waals surface area contributed by atoms with Gasteiger partial charge in [-0.15, -0.1) is 0 Å². The summed E-state index contributed by atoms with van der Waals surface area (Å²) in [5.41, 5.74) is 5.90. The van der Waals surface area contributed by atoms with Crippen molar-refractivity contribution in [1.29, 1.82) is 0 Å². The molecule has 0 spiro atoms. The molecule has 0 fully saturated rings. The van der Waals surface area contributed by atoms with Gasteiger partial charge in [-0.1, -0.05) is 13.8 Å². The van der Waals surface area contributed by atoms with Gasteiger partial charge in [0, 0.05) is 43.4 Å². The fraction of sp³-hybridized carbons (Fsp3) is 0.500. The molecule has 2 aromatic heterocycles. The minimum absolute atomic E-state index is 0.0495. The van der Waals surface area contributed by atoms with Crippen molar-refractivity contribution >= 4 is 22.7 Å². The summed E-state index contributed by atoms with van der Waals surface area (Å²) in [6.45, 7) is 8.50. The minimum Gasteiger partial charge on any atom is -0.494 e. The van der Waals surface area contributed by atoms with Gasteiger partial charge in [0.25, 0.3) is 0 Å². The number of pyridine rings is 1. The predicted octanol–water partition coefficient (Wildman–Crippen LogP) is 4.75.